The van der Waals surface area contributed by atoms with Crippen molar-refractivity contribution in [2.75, 3.05) is 7.11 Å². The molecule has 3 rings (SSSR count). The van der Waals surface area contributed by atoms with Gasteiger partial charge in [-0.25, -0.2) is 0 Å². The Bertz CT molecular complexity index is 1000. The summed E-state index contributed by atoms with van der Waals surface area (Å²) in [6.07, 6.45) is 2.24. The van der Waals surface area contributed by atoms with Gasteiger partial charge in [0.1, 0.15) is 0 Å². The summed E-state index contributed by atoms with van der Waals surface area (Å²) < 4.78 is 19.0. The van der Waals surface area contributed by atoms with Gasteiger partial charge in [0.25, 0.3) is 0 Å². The molecule has 0 saturated carbocycles. The van der Waals surface area contributed by atoms with Crippen LogP contribution in [0, 0.1) is 0 Å². The van der Waals surface area contributed by atoms with Gasteiger partial charge in [-0.15, -0.1) is 0 Å². The number of hydrogen-bond acceptors (Lipinski definition) is 3. The first-order valence-corrected chi connectivity index (χ1v) is 13.2. The highest BCUT2D eigenvalue weighted by atomic mass is 31.1. The lowest BCUT2D eigenvalue weighted by atomic mass is 9.72. The van der Waals surface area contributed by atoms with Crippen LogP contribution in [0.15, 0.2) is 24.3 Å². The van der Waals surface area contributed by atoms with Crippen molar-refractivity contribution in [3.8, 4) is 23.0 Å². The normalized spacial score (nSPS) is 15.4. The first-order valence-electron chi connectivity index (χ1n) is 12.3. The van der Waals surface area contributed by atoms with E-state index >= 15 is 0 Å². The van der Waals surface area contributed by atoms with Crippen LogP contribution < -0.4 is 14.0 Å². The minimum absolute atomic E-state index is 0.00642. The Morgan fingerprint density at radius 2 is 1.27 bits per heavy atom. The Balaban J connectivity index is 2.24. The van der Waals surface area contributed by atoms with Gasteiger partial charge in [-0.1, -0.05) is 81.4 Å². The average Bonchev–Trinajstić information content (AvgIpc) is 2.72. The molecule has 0 radical (unpaired) electrons. The highest BCUT2D eigenvalue weighted by Gasteiger charge is 2.40. The summed E-state index contributed by atoms with van der Waals surface area (Å²) in [6.45, 7) is 22.5. The fourth-order valence-electron chi connectivity index (χ4n) is 4.29. The molecule has 1 unspecified atom stereocenters. The highest BCUT2D eigenvalue weighted by Crippen LogP contribution is 2.56. The summed E-state index contributed by atoms with van der Waals surface area (Å²) in [7, 11) is 2.14. The molecule has 0 bridgehead atoms. The minimum atomic E-state index is -0.255. The quantitative estimate of drug-likeness (QED) is 0.395. The molecule has 4 heteroatoms. The second-order valence-corrected chi connectivity index (χ2v) is 13.1. The largest absolute Gasteiger partial charge is 0.493 e. The molecule has 1 heterocycles. The monoisotopic (exact) mass is 470 g/mol. The Morgan fingerprint density at radius 1 is 0.818 bits per heavy atom. The van der Waals surface area contributed by atoms with Crippen LogP contribution in [0.2, 0.25) is 0 Å². The van der Waals surface area contributed by atoms with Crippen molar-refractivity contribution in [2.24, 2.45) is 0 Å². The topological polar surface area (TPSA) is 27.7 Å². The molecule has 0 aliphatic carbocycles. The average molecular weight is 471 g/mol. The van der Waals surface area contributed by atoms with E-state index in [4.69, 9.17) is 14.0 Å². The van der Waals surface area contributed by atoms with Crippen LogP contribution in [0.5, 0.6) is 23.0 Å². The zero-order valence-electron chi connectivity index (χ0n) is 22.5. The molecule has 1 aliphatic heterocycles. The maximum atomic E-state index is 6.66. The van der Waals surface area contributed by atoms with Gasteiger partial charge in [0, 0.05) is 22.2 Å². The van der Waals surface area contributed by atoms with E-state index < -0.39 is 0 Å². The van der Waals surface area contributed by atoms with Gasteiger partial charge >= 0.3 is 0 Å². The predicted octanol–water partition coefficient (Wildman–Crippen LogP) is 8.88. The summed E-state index contributed by atoms with van der Waals surface area (Å²) in [5.41, 5.74) is 5.18. The number of rotatable bonds is 6. The summed E-state index contributed by atoms with van der Waals surface area (Å²) in [6, 6.07) is 8.93. The second kappa shape index (κ2) is 9.14. The van der Waals surface area contributed by atoms with Crippen LogP contribution >= 0.6 is 8.81 Å². The number of benzene rings is 2. The van der Waals surface area contributed by atoms with Crippen molar-refractivity contribution in [1.82, 2.24) is 0 Å². The summed E-state index contributed by atoms with van der Waals surface area (Å²) in [5, 5.41) is 0. The Labute approximate surface area is 203 Å². The standard InChI is InChI=1S/C29H43O3P/c1-12-20(13-2)33-32-24-17-19(28(6,7)8)15-22-26(24)31-25-21(29(22,9)10)14-18(27(3,4)5)16-23(25)30-11/h14-17,20,33H,12-13H2,1-11H3. The van der Waals surface area contributed by atoms with Crippen LogP contribution in [0.1, 0.15) is 104 Å². The second-order valence-electron chi connectivity index (χ2n) is 11.9. The molecule has 0 N–H and O–H groups in total. The minimum Gasteiger partial charge on any atom is -0.493 e. The molecule has 0 spiro atoms. The fraction of sp³-hybridized carbons (Fsp3) is 0.586. The molecular weight excluding hydrogens is 427 g/mol. The lowest BCUT2D eigenvalue weighted by Gasteiger charge is -2.38. The molecule has 2 aromatic rings. The third kappa shape index (κ3) is 5.04. The van der Waals surface area contributed by atoms with Crippen LogP contribution in [0.3, 0.4) is 0 Å². The van der Waals surface area contributed by atoms with E-state index in [0.29, 0.717) is 14.5 Å². The number of methoxy groups -OCH3 is 1. The van der Waals surface area contributed by atoms with Crippen molar-refractivity contribution in [1.29, 1.82) is 0 Å². The molecule has 3 nitrogen and oxygen atoms in total. The van der Waals surface area contributed by atoms with E-state index in [1.54, 1.807) is 7.11 Å². The zero-order chi connectivity index (χ0) is 24.8. The van der Waals surface area contributed by atoms with E-state index in [1.165, 1.54) is 22.3 Å². The lowest BCUT2D eigenvalue weighted by Crippen LogP contribution is -2.27. The van der Waals surface area contributed by atoms with Gasteiger partial charge in [0.15, 0.2) is 23.0 Å². The van der Waals surface area contributed by atoms with Crippen molar-refractivity contribution in [2.45, 2.75) is 104 Å². The summed E-state index contributed by atoms with van der Waals surface area (Å²) >= 11 is 0. The first-order chi connectivity index (χ1) is 15.2. The SMILES string of the molecule is CCC(CC)POc1cc(C(C)(C)C)cc2c1Oc1c(OC)cc(C(C)(C)C)cc1C2(C)C. The number of fused-ring (bicyclic) bond motifs is 2. The van der Waals surface area contributed by atoms with E-state index in [0.717, 1.165) is 35.8 Å². The summed E-state index contributed by atoms with van der Waals surface area (Å²) in [4.78, 5) is 0. The van der Waals surface area contributed by atoms with Crippen molar-refractivity contribution in [3.63, 3.8) is 0 Å². The third-order valence-electron chi connectivity index (χ3n) is 6.93. The van der Waals surface area contributed by atoms with Crippen molar-refractivity contribution < 1.29 is 14.0 Å². The summed E-state index contributed by atoms with van der Waals surface area (Å²) in [5.74, 6) is 3.27. The van der Waals surface area contributed by atoms with Crippen LogP contribution in [0.25, 0.3) is 0 Å². The maximum absolute atomic E-state index is 6.66. The van der Waals surface area contributed by atoms with Crippen molar-refractivity contribution >= 4 is 8.81 Å². The Hall–Kier alpha value is -1.73. The fourth-order valence-corrected chi connectivity index (χ4v) is 5.06. The molecule has 0 saturated heterocycles. The highest BCUT2D eigenvalue weighted by molar-refractivity contribution is 7.33. The van der Waals surface area contributed by atoms with Gasteiger partial charge in [-0.2, -0.15) is 0 Å². The van der Waals surface area contributed by atoms with E-state index in [2.05, 4.69) is 93.5 Å². The van der Waals surface area contributed by atoms with Crippen LogP contribution in [-0.2, 0) is 16.2 Å². The third-order valence-corrected chi connectivity index (χ3v) is 8.42. The van der Waals surface area contributed by atoms with E-state index in [-0.39, 0.29) is 16.2 Å². The Morgan fingerprint density at radius 3 is 1.70 bits per heavy atom. The molecule has 1 atom stereocenters. The van der Waals surface area contributed by atoms with Crippen LogP contribution in [-0.4, -0.2) is 12.8 Å². The molecule has 182 valence electrons. The van der Waals surface area contributed by atoms with Crippen molar-refractivity contribution in [3.05, 3.63) is 46.5 Å². The molecular formula is C29H43O3P. The zero-order valence-corrected chi connectivity index (χ0v) is 23.5. The maximum Gasteiger partial charge on any atom is 0.173 e. The molecule has 2 aromatic carbocycles. The van der Waals surface area contributed by atoms with Gasteiger partial charge in [0.05, 0.1) is 15.9 Å². The number of hydrogen-bond donors (Lipinski definition) is 0. The molecule has 0 amide bonds. The molecule has 0 aromatic heterocycles. The van der Waals surface area contributed by atoms with Gasteiger partial charge < -0.3 is 14.0 Å². The Kier molecular flexibility index (Phi) is 7.17. The molecule has 1 aliphatic rings. The smallest absolute Gasteiger partial charge is 0.173 e. The molecule has 0 fully saturated rings. The van der Waals surface area contributed by atoms with E-state index in [9.17, 15) is 0 Å². The number of ether oxygens (including phenoxy) is 2. The van der Waals surface area contributed by atoms with Gasteiger partial charge in [-0.05, 0) is 46.9 Å². The van der Waals surface area contributed by atoms with E-state index in [1.807, 2.05) is 0 Å². The van der Waals surface area contributed by atoms with Gasteiger partial charge in [-0.3, -0.25) is 0 Å². The first kappa shape index (κ1) is 25.9. The van der Waals surface area contributed by atoms with Crippen LogP contribution in [0.4, 0.5) is 0 Å². The molecule has 33 heavy (non-hydrogen) atoms. The lowest BCUT2D eigenvalue weighted by molar-refractivity contribution is 0.348. The van der Waals surface area contributed by atoms with Gasteiger partial charge in [0.2, 0.25) is 0 Å². The predicted molar refractivity (Wildman–Crippen MR) is 142 cm³/mol.